The summed E-state index contributed by atoms with van der Waals surface area (Å²) in [6, 6.07) is 16.9. The van der Waals surface area contributed by atoms with Gasteiger partial charge in [0.1, 0.15) is 11.3 Å². The molecule has 6 heteroatoms. The molecule has 0 saturated heterocycles. The van der Waals surface area contributed by atoms with Crippen LogP contribution >= 0.6 is 11.6 Å². The monoisotopic (exact) mass is 423 g/mol. The van der Waals surface area contributed by atoms with Gasteiger partial charge in [-0.25, -0.2) is 4.79 Å². The van der Waals surface area contributed by atoms with Crippen LogP contribution in [0.15, 0.2) is 77.4 Å². The second kappa shape index (κ2) is 8.36. The van der Waals surface area contributed by atoms with E-state index >= 15 is 0 Å². The van der Waals surface area contributed by atoms with Crippen molar-refractivity contribution in [3.63, 3.8) is 0 Å². The maximum Gasteiger partial charge on any atom is 0.340 e. The van der Waals surface area contributed by atoms with Crippen LogP contribution in [0.5, 0.6) is 0 Å². The molecule has 2 aromatic rings. The number of halogens is 1. The van der Waals surface area contributed by atoms with E-state index in [0.717, 1.165) is 5.56 Å². The lowest BCUT2D eigenvalue weighted by Crippen LogP contribution is -2.33. The fourth-order valence-corrected chi connectivity index (χ4v) is 4.39. The molecule has 30 heavy (non-hydrogen) atoms. The number of hydrogen-bond acceptors (Lipinski definition) is 5. The van der Waals surface area contributed by atoms with E-state index in [1.807, 2.05) is 36.4 Å². The SMILES string of the molecule is CCOC(=O)C1=C(N)OC2=C(C(=O)C[C@H](c3ccccc3)C2)[C@H]1c1cccc(Cl)c1. The highest BCUT2D eigenvalue weighted by Gasteiger charge is 2.43. The van der Waals surface area contributed by atoms with Crippen LogP contribution in [0.1, 0.15) is 42.7 Å². The Kier molecular flexibility index (Phi) is 5.64. The molecule has 0 amide bonds. The van der Waals surface area contributed by atoms with E-state index in [2.05, 4.69) is 0 Å². The van der Waals surface area contributed by atoms with Gasteiger partial charge in [-0.3, -0.25) is 4.79 Å². The van der Waals surface area contributed by atoms with Crippen LogP contribution in [-0.4, -0.2) is 18.4 Å². The highest BCUT2D eigenvalue weighted by atomic mass is 35.5. The van der Waals surface area contributed by atoms with Gasteiger partial charge in [-0.2, -0.15) is 0 Å². The van der Waals surface area contributed by atoms with E-state index < -0.39 is 11.9 Å². The molecule has 2 aromatic carbocycles. The van der Waals surface area contributed by atoms with Gasteiger partial charge >= 0.3 is 5.97 Å². The standard InChI is InChI=1S/C24H22ClNO4/c1-2-29-24(28)22-20(15-9-6-10-17(25)11-15)21-18(27)12-16(13-19(21)30-23(22)26)14-7-4-3-5-8-14/h3-11,16,20H,2,12-13,26H2,1H3/t16-,20+/m0/s1. The Morgan fingerprint density at radius 3 is 2.57 bits per heavy atom. The van der Waals surface area contributed by atoms with Crippen molar-refractivity contribution in [2.24, 2.45) is 5.73 Å². The van der Waals surface area contributed by atoms with Crippen molar-refractivity contribution < 1.29 is 19.1 Å². The van der Waals surface area contributed by atoms with Crippen molar-refractivity contribution in [3.05, 3.63) is 93.5 Å². The molecule has 0 spiro atoms. The summed E-state index contributed by atoms with van der Waals surface area (Å²) < 4.78 is 11.1. The summed E-state index contributed by atoms with van der Waals surface area (Å²) in [7, 11) is 0. The first-order chi connectivity index (χ1) is 14.5. The zero-order valence-corrected chi connectivity index (χ0v) is 17.3. The van der Waals surface area contributed by atoms with Crippen LogP contribution < -0.4 is 5.73 Å². The van der Waals surface area contributed by atoms with Crippen LogP contribution in [0.3, 0.4) is 0 Å². The van der Waals surface area contributed by atoms with Gasteiger partial charge < -0.3 is 15.2 Å². The van der Waals surface area contributed by atoms with E-state index in [1.54, 1.807) is 25.1 Å². The molecule has 0 unspecified atom stereocenters. The normalized spacial score (nSPS) is 21.2. The Morgan fingerprint density at radius 2 is 1.87 bits per heavy atom. The average Bonchev–Trinajstić information content (AvgIpc) is 2.73. The van der Waals surface area contributed by atoms with Crippen molar-refractivity contribution in [1.29, 1.82) is 0 Å². The predicted molar refractivity (Wildman–Crippen MR) is 114 cm³/mol. The fourth-order valence-electron chi connectivity index (χ4n) is 4.20. The number of carbonyl (C=O) groups excluding carboxylic acids is 2. The number of carbonyl (C=O) groups is 2. The van der Waals surface area contributed by atoms with Crippen LogP contribution in [0.25, 0.3) is 0 Å². The molecule has 1 heterocycles. The second-order valence-electron chi connectivity index (χ2n) is 7.36. The summed E-state index contributed by atoms with van der Waals surface area (Å²) in [6.07, 6.45) is 0.859. The summed E-state index contributed by atoms with van der Waals surface area (Å²) in [6.45, 7) is 1.90. The summed E-state index contributed by atoms with van der Waals surface area (Å²) in [5.74, 6) is -0.853. The highest BCUT2D eigenvalue weighted by Crippen LogP contribution is 2.47. The first-order valence-corrected chi connectivity index (χ1v) is 10.3. The molecule has 154 valence electrons. The average molecular weight is 424 g/mol. The first kappa shape index (κ1) is 20.2. The molecule has 5 nitrogen and oxygen atoms in total. The van der Waals surface area contributed by atoms with Crippen molar-refractivity contribution in [1.82, 2.24) is 0 Å². The third-order valence-electron chi connectivity index (χ3n) is 5.49. The van der Waals surface area contributed by atoms with Crippen molar-refractivity contribution in [2.45, 2.75) is 31.6 Å². The minimum absolute atomic E-state index is 0.00518. The number of Topliss-reactive ketones (excluding diaryl/α,β-unsaturated/α-hetero) is 1. The number of ether oxygens (including phenoxy) is 2. The van der Waals surface area contributed by atoms with E-state index in [9.17, 15) is 9.59 Å². The summed E-state index contributed by atoms with van der Waals surface area (Å²) in [5, 5.41) is 0.508. The molecule has 0 radical (unpaired) electrons. The lowest BCUT2D eigenvalue weighted by molar-refractivity contribution is -0.139. The van der Waals surface area contributed by atoms with Crippen LogP contribution in [0.4, 0.5) is 0 Å². The Morgan fingerprint density at radius 1 is 1.13 bits per heavy atom. The highest BCUT2D eigenvalue weighted by molar-refractivity contribution is 6.30. The van der Waals surface area contributed by atoms with Crippen LogP contribution in [0.2, 0.25) is 5.02 Å². The maximum absolute atomic E-state index is 13.3. The fraction of sp³-hybridized carbons (Fsp3) is 0.250. The van der Waals surface area contributed by atoms with Crippen LogP contribution in [0, 0.1) is 0 Å². The molecular formula is C24H22ClNO4. The van der Waals surface area contributed by atoms with E-state index in [-0.39, 0.29) is 29.8 Å². The molecule has 4 rings (SSSR count). The van der Waals surface area contributed by atoms with Crippen molar-refractivity contribution >= 4 is 23.4 Å². The third kappa shape index (κ3) is 3.73. The van der Waals surface area contributed by atoms with Gasteiger partial charge in [0.05, 0.1) is 12.5 Å². The second-order valence-corrected chi connectivity index (χ2v) is 7.80. The Labute approximate surface area is 180 Å². The Bertz CT molecular complexity index is 1060. The van der Waals surface area contributed by atoms with E-state index in [0.29, 0.717) is 34.8 Å². The lowest BCUT2D eigenvalue weighted by Gasteiger charge is -2.35. The first-order valence-electron chi connectivity index (χ1n) is 9.90. The smallest absolute Gasteiger partial charge is 0.340 e. The zero-order valence-electron chi connectivity index (χ0n) is 16.6. The number of esters is 1. The number of nitrogens with two attached hydrogens (primary N) is 1. The number of hydrogen-bond donors (Lipinski definition) is 1. The minimum atomic E-state index is -0.671. The van der Waals surface area contributed by atoms with Crippen LogP contribution in [-0.2, 0) is 19.1 Å². The van der Waals surface area contributed by atoms with E-state index in [1.165, 1.54) is 0 Å². The van der Waals surface area contributed by atoms with Gasteiger partial charge in [-0.15, -0.1) is 0 Å². The van der Waals surface area contributed by atoms with E-state index in [4.69, 9.17) is 26.8 Å². The number of ketones is 1. The van der Waals surface area contributed by atoms with Crippen molar-refractivity contribution in [3.8, 4) is 0 Å². The van der Waals surface area contributed by atoms with Gasteiger partial charge in [0.15, 0.2) is 5.78 Å². The molecule has 0 aromatic heterocycles. The van der Waals surface area contributed by atoms with Gasteiger partial charge in [0, 0.05) is 23.4 Å². The number of benzene rings is 2. The molecular weight excluding hydrogens is 402 g/mol. The molecule has 0 fully saturated rings. The molecule has 1 aliphatic heterocycles. The molecule has 2 N–H and O–H groups in total. The predicted octanol–water partition coefficient (Wildman–Crippen LogP) is 4.59. The molecule has 0 saturated carbocycles. The number of rotatable bonds is 4. The van der Waals surface area contributed by atoms with Gasteiger partial charge in [0.25, 0.3) is 0 Å². The minimum Gasteiger partial charge on any atom is -0.462 e. The molecule has 1 aliphatic carbocycles. The summed E-state index contributed by atoms with van der Waals surface area (Å²) in [5.41, 5.74) is 8.57. The van der Waals surface area contributed by atoms with Gasteiger partial charge in [0.2, 0.25) is 5.88 Å². The third-order valence-corrected chi connectivity index (χ3v) is 5.72. The maximum atomic E-state index is 13.3. The largest absolute Gasteiger partial charge is 0.462 e. The van der Waals surface area contributed by atoms with Gasteiger partial charge in [-0.05, 0) is 36.1 Å². The molecule has 2 aliphatic rings. The summed E-state index contributed by atoms with van der Waals surface area (Å²) in [4.78, 5) is 26.1. The quantitative estimate of drug-likeness (QED) is 0.728. The van der Waals surface area contributed by atoms with Crippen molar-refractivity contribution in [2.75, 3.05) is 6.61 Å². The lowest BCUT2D eigenvalue weighted by atomic mass is 9.73. The number of allylic oxidation sites excluding steroid dienone is 2. The molecule has 0 bridgehead atoms. The van der Waals surface area contributed by atoms with Gasteiger partial charge in [-0.1, -0.05) is 54.1 Å². The molecule has 2 atom stereocenters. The summed E-state index contributed by atoms with van der Waals surface area (Å²) >= 11 is 6.21. The Hall–Kier alpha value is -3.05. The topological polar surface area (TPSA) is 78.6 Å². The Balaban J connectivity index is 1.81. The zero-order chi connectivity index (χ0) is 21.3.